The van der Waals surface area contributed by atoms with Crippen LogP contribution in [-0.4, -0.2) is 68.6 Å². The van der Waals surface area contributed by atoms with Crippen LogP contribution in [0.5, 0.6) is 23.0 Å². The molecule has 266 valence electrons. The van der Waals surface area contributed by atoms with Gasteiger partial charge < -0.3 is 38.8 Å². The molecule has 1 aliphatic heterocycles. The molecule has 14 heteroatoms. The lowest BCUT2D eigenvalue weighted by Gasteiger charge is -2.31. The van der Waals surface area contributed by atoms with E-state index in [0.717, 1.165) is 0 Å². The molecule has 0 aliphatic carbocycles. The Kier molecular flexibility index (Phi) is 12.5. The summed E-state index contributed by atoms with van der Waals surface area (Å²) in [6.07, 6.45) is -0.909. The standard InChI is InChI=1S/C36H43N5O9/c1-35(2,3)50-30(43)16-17-36(34(44)38-22-23-20-28(45-4)31(47-6)29(21-23)46-5)32(26-10-7-8-11-27(26)40-41-37)49-33(39-36)24-12-14-25(15-13-24)48-19-9-18-42/h7-8,10-15,20-21,32,42H,9,16-19,22H2,1-6H3,(H,38,44)/t32-,36-/m1/s1. The first kappa shape index (κ1) is 37.4. The molecule has 14 nitrogen and oxygen atoms in total. The Bertz CT molecular complexity index is 1710. The van der Waals surface area contributed by atoms with E-state index < -0.39 is 29.1 Å². The highest BCUT2D eigenvalue weighted by Gasteiger charge is 2.54. The molecule has 0 radical (unpaired) electrons. The Hall–Kier alpha value is -5.46. The molecule has 0 aromatic heterocycles. The van der Waals surface area contributed by atoms with Crippen LogP contribution >= 0.6 is 0 Å². The first-order chi connectivity index (χ1) is 24.0. The number of amides is 1. The lowest BCUT2D eigenvalue weighted by Crippen LogP contribution is -2.48. The second-order valence-electron chi connectivity index (χ2n) is 12.3. The van der Waals surface area contributed by atoms with Crippen LogP contribution < -0.4 is 24.3 Å². The molecular weight excluding hydrogens is 646 g/mol. The third-order valence-corrected chi connectivity index (χ3v) is 7.71. The molecule has 0 fully saturated rings. The molecule has 1 amide bonds. The minimum Gasteiger partial charge on any atom is -0.494 e. The maximum absolute atomic E-state index is 14.6. The van der Waals surface area contributed by atoms with Gasteiger partial charge in [-0.25, -0.2) is 4.99 Å². The monoisotopic (exact) mass is 689 g/mol. The van der Waals surface area contributed by atoms with E-state index >= 15 is 0 Å². The SMILES string of the molecule is COc1cc(CNC(=O)[C@]2(CCC(=O)OC(C)(C)C)N=C(c3ccc(OCCCO)cc3)O[C@@H]2c2ccccc2N=[N+]=[N-])cc(OC)c1OC. The van der Waals surface area contributed by atoms with Crippen LogP contribution in [0.1, 0.15) is 62.8 Å². The van der Waals surface area contributed by atoms with E-state index in [1.807, 2.05) is 0 Å². The maximum atomic E-state index is 14.6. The van der Waals surface area contributed by atoms with Crippen molar-refractivity contribution in [2.24, 2.45) is 10.1 Å². The van der Waals surface area contributed by atoms with Gasteiger partial charge in [0.15, 0.2) is 23.1 Å². The molecule has 3 aromatic rings. The van der Waals surface area contributed by atoms with Crippen molar-refractivity contribution in [2.45, 2.75) is 63.8 Å². The predicted octanol–water partition coefficient (Wildman–Crippen LogP) is 6.11. The summed E-state index contributed by atoms with van der Waals surface area (Å²) in [7, 11) is 4.49. The minimum absolute atomic E-state index is 0.00837. The van der Waals surface area contributed by atoms with Gasteiger partial charge in [0.2, 0.25) is 11.6 Å². The van der Waals surface area contributed by atoms with Gasteiger partial charge in [-0.05, 0) is 74.7 Å². The summed E-state index contributed by atoms with van der Waals surface area (Å²) < 4.78 is 34.2. The molecule has 0 saturated carbocycles. The number of nitrogens with one attached hydrogen (secondary N) is 1. The highest BCUT2D eigenvalue weighted by Crippen LogP contribution is 2.46. The molecule has 3 aromatic carbocycles. The van der Waals surface area contributed by atoms with Gasteiger partial charge in [0.05, 0.1) is 27.9 Å². The van der Waals surface area contributed by atoms with Crippen molar-refractivity contribution in [1.82, 2.24) is 5.32 Å². The zero-order valence-electron chi connectivity index (χ0n) is 29.1. The van der Waals surface area contributed by atoms with Crippen LogP contribution in [0.4, 0.5) is 5.69 Å². The van der Waals surface area contributed by atoms with Gasteiger partial charge in [0.1, 0.15) is 11.4 Å². The number of azide groups is 1. The zero-order chi connectivity index (χ0) is 36.3. The maximum Gasteiger partial charge on any atom is 0.306 e. The van der Waals surface area contributed by atoms with Gasteiger partial charge in [-0.3, -0.25) is 9.59 Å². The average Bonchev–Trinajstić information content (AvgIpc) is 3.50. The summed E-state index contributed by atoms with van der Waals surface area (Å²) in [5.74, 6) is 0.858. The van der Waals surface area contributed by atoms with Crippen LogP contribution in [0.2, 0.25) is 0 Å². The molecule has 4 rings (SSSR count). The Balaban J connectivity index is 1.80. The quantitative estimate of drug-likeness (QED) is 0.0589. The number of aliphatic imine (C=N–C) groups is 1. The van der Waals surface area contributed by atoms with Crippen molar-refractivity contribution >= 4 is 23.5 Å². The van der Waals surface area contributed by atoms with E-state index in [2.05, 4.69) is 15.3 Å². The zero-order valence-corrected chi connectivity index (χ0v) is 29.1. The molecule has 1 aliphatic rings. The van der Waals surface area contributed by atoms with E-state index in [1.54, 1.807) is 81.4 Å². The fraction of sp³-hybridized carbons (Fsp3) is 0.417. The Morgan fingerprint density at radius 3 is 2.32 bits per heavy atom. The summed E-state index contributed by atoms with van der Waals surface area (Å²) in [5.41, 5.74) is 8.72. The van der Waals surface area contributed by atoms with Crippen molar-refractivity contribution < 1.29 is 43.1 Å². The van der Waals surface area contributed by atoms with Crippen LogP contribution in [0, 0.1) is 0 Å². The number of methoxy groups -OCH3 is 3. The first-order valence-corrected chi connectivity index (χ1v) is 16.0. The highest BCUT2D eigenvalue weighted by atomic mass is 16.6. The number of hydrogen-bond acceptors (Lipinski definition) is 11. The lowest BCUT2D eigenvalue weighted by atomic mass is 9.82. The van der Waals surface area contributed by atoms with Crippen LogP contribution in [0.3, 0.4) is 0 Å². The number of benzene rings is 3. The molecule has 0 unspecified atom stereocenters. The second-order valence-corrected chi connectivity index (χ2v) is 12.3. The average molecular weight is 690 g/mol. The van der Waals surface area contributed by atoms with E-state index in [9.17, 15) is 15.1 Å². The molecule has 0 bridgehead atoms. The summed E-state index contributed by atoms with van der Waals surface area (Å²) in [4.78, 5) is 35.6. The van der Waals surface area contributed by atoms with Crippen molar-refractivity contribution in [3.05, 3.63) is 87.8 Å². The van der Waals surface area contributed by atoms with Gasteiger partial charge in [-0.1, -0.05) is 29.4 Å². The number of carbonyl (C=O) groups excluding carboxylic acids is 2. The number of rotatable bonds is 16. The first-order valence-electron chi connectivity index (χ1n) is 16.0. The van der Waals surface area contributed by atoms with Gasteiger partial charge in [-0.2, -0.15) is 0 Å². The molecule has 50 heavy (non-hydrogen) atoms. The molecule has 2 N–H and O–H groups in total. The van der Waals surface area contributed by atoms with Crippen LogP contribution in [0.15, 0.2) is 70.8 Å². The van der Waals surface area contributed by atoms with E-state index in [0.29, 0.717) is 52.7 Å². The van der Waals surface area contributed by atoms with Gasteiger partial charge in [0.25, 0.3) is 5.91 Å². The Labute approximate surface area is 290 Å². The van der Waals surface area contributed by atoms with Gasteiger partial charge in [0, 0.05) is 47.7 Å². The highest BCUT2D eigenvalue weighted by molar-refractivity contribution is 6.01. The molecule has 1 heterocycles. The predicted molar refractivity (Wildman–Crippen MR) is 185 cm³/mol. The second kappa shape index (κ2) is 16.8. The molecule has 0 spiro atoms. The molecular formula is C36H43N5O9. The summed E-state index contributed by atoms with van der Waals surface area (Å²) in [5, 5.41) is 15.9. The van der Waals surface area contributed by atoms with Crippen molar-refractivity contribution in [2.75, 3.05) is 34.5 Å². The number of ether oxygens (including phenoxy) is 6. The summed E-state index contributed by atoms with van der Waals surface area (Å²) in [6.45, 7) is 5.65. The van der Waals surface area contributed by atoms with E-state index in [1.165, 1.54) is 21.3 Å². The minimum atomic E-state index is -1.72. The van der Waals surface area contributed by atoms with E-state index in [4.69, 9.17) is 38.5 Å². The normalized spacial score (nSPS) is 16.7. The van der Waals surface area contributed by atoms with E-state index in [-0.39, 0.29) is 37.6 Å². The number of esters is 1. The number of hydrogen-bond donors (Lipinski definition) is 2. The fourth-order valence-corrected chi connectivity index (χ4v) is 5.45. The van der Waals surface area contributed by atoms with Gasteiger partial charge in [-0.15, -0.1) is 0 Å². The van der Waals surface area contributed by atoms with Crippen molar-refractivity contribution in [1.29, 1.82) is 0 Å². The number of aliphatic hydroxyl groups excluding tert-OH is 1. The van der Waals surface area contributed by atoms with Crippen LogP contribution in [-0.2, 0) is 25.6 Å². The summed E-state index contributed by atoms with van der Waals surface area (Å²) in [6, 6.07) is 17.1. The van der Waals surface area contributed by atoms with Crippen molar-refractivity contribution in [3.63, 3.8) is 0 Å². The van der Waals surface area contributed by atoms with Gasteiger partial charge >= 0.3 is 5.97 Å². The lowest BCUT2D eigenvalue weighted by molar-refractivity contribution is -0.155. The fourth-order valence-electron chi connectivity index (χ4n) is 5.45. The molecule has 0 saturated heterocycles. The number of nitrogens with zero attached hydrogens (tertiary/aromatic N) is 4. The largest absolute Gasteiger partial charge is 0.494 e. The number of carbonyl (C=O) groups is 2. The Morgan fingerprint density at radius 1 is 1.04 bits per heavy atom. The Morgan fingerprint density at radius 2 is 1.72 bits per heavy atom. The third-order valence-electron chi connectivity index (χ3n) is 7.71. The third kappa shape index (κ3) is 8.95. The van der Waals surface area contributed by atoms with Crippen molar-refractivity contribution in [3.8, 4) is 23.0 Å². The number of aliphatic hydroxyl groups is 1. The summed E-state index contributed by atoms with van der Waals surface area (Å²) >= 11 is 0. The smallest absolute Gasteiger partial charge is 0.306 e. The van der Waals surface area contributed by atoms with Crippen LogP contribution in [0.25, 0.3) is 10.4 Å². The molecule has 2 atom stereocenters. The topological polar surface area (TPSA) is 183 Å².